The molecule has 0 saturated heterocycles. The van der Waals surface area contributed by atoms with E-state index < -0.39 is 0 Å². The van der Waals surface area contributed by atoms with Crippen LogP contribution in [0.15, 0.2) is 29.6 Å². The number of methoxy groups -OCH3 is 1. The van der Waals surface area contributed by atoms with E-state index in [0.29, 0.717) is 12.3 Å². The van der Waals surface area contributed by atoms with E-state index in [0.717, 1.165) is 16.3 Å². The molecule has 1 atom stereocenters. The van der Waals surface area contributed by atoms with Crippen LogP contribution in [-0.4, -0.2) is 18.0 Å². The van der Waals surface area contributed by atoms with Crippen LogP contribution in [0.25, 0.3) is 0 Å². The van der Waals surface area contributed by atoms with Gasteiger partial charge in [-0.15, -0.1) is 11.3 Å². The fraction of sp³-hybridized carbons (Fsp3) is 0.286. The van der Waals surface area contributed by atoms with Crippen LogP contribution in [0.2, 0.25) is 0 Å². The molecule has 0 spiro atoms. The average molecular weight is 291 g/mol. The monoisotopic (exact) mass is 291 g/mol. The lowest BCUT2D eigenvalue weighted by atomic mass is 10.2. The third-order valence-corrected chi connectivity index (χ3v) is 3.76. The molecule has 1 amide bonds. The number of aromatic nitrogens is 1. The zero-order chi connectivity index (χ0) is 14.5. The van der Waals surface area contributed by atoms with E-state index in [9.17, 15) is 4.79 Å². The summed E-state index contributed by atoms with van der Waals surface area (Å²) in [5, 5.41) is 5.31. The van der Waals surface area contributed by atoms with Crippen LogP contribution in [0.5, 0.6) is 0 Å². The number of amides is 1. The van der Waals surface area contributed by atoms with Gasteiger partial charge in [-0.05, 0) is 13.0 Å². The lowest BCUT2D eigenvalue weighted by Crippen LogP contribution is -2.14. The van der Waals surface area contributed by atoms with Crippen LogP contribution in [-0.2, 0) is 11.3 Å². The van der Waals surface area contributed by atoms with Crippen molar-refractivity contribution in [1.29, 1.82) is 0 Å². The molecule has 20 heavy (non-hydrogen) atoms. The standard InChI is InChI=1S/C14H17N3O2S/c1-9(15)14-17-12(8-20-14)13(18)16-11-6-4-3-5-10(11)7-19-2/h3-6,8-9H,7,15H2,1-2H3,(H,16,18). The van der Waals surface area contributed by atoms with Gasteiger partial charge >= 0.3 is 0 Å². The second-order valence-electron chi connectivity index (χ2n) is 4.40. The van der Waals surface area contributed by atoms with Crippen molar-refractivity contribution in [2.45, 2.75) is 19.6 Å². The predicted octanol–water partition coefficient (Wildman–Crippen LogP) is 2.56. The van der Waals surface area contributed by atoms with Gasteiger partial charge in [-0.25, -0.2) is 4.98 Å². The fourth-order valence-electron chi connectivity index (χ4n) is 1.71. The largest absolute Gasteiger partial charge is 0.380 e. The quantitative estimate of drug-likeness (QED) is 0.887. The van der Waals surface area contributed by atoms with Gasteiger partial charge in [0.25, 0.3) is 5.91 Å². The lowest BCUT2D eigenvalue weighted by Gasteiger charge is -2.09. The summed E-state index contributed by atoms with van der Waals surface area (Å²) in [4.78, 5) is 16.4. The normalized spacial score (nSPS) is 12.2. The summed E-state index contributed by atoms with van der Waals surface area (Å²) in [6.45, 7) is 2.28. The van der Waals surface area contributed by atoms with E-state index in [4.69, 9.17) is 10.5 Å². The first-order valence-corrected chi connectivity index (χ1v) is 7.09. The molecule has 2 aromatic rings. The zero-order valence-electron chi connectivity index (χ0n) is 11.4. The van der Waals surface area contributed by atoms with Gasteiger partial charge in [0.05, 0.1) is 12.6 Å². The van der Waals surface area contributed by atoms with Gasteiger partial charge in [0.1, 0.15) is 10.7 Å². The highest BCUT2D eigenvalue weighted by atomic mass is 32.1. The van der Waals surface area contributed by atoms with Gasteiger partial charge in [0, 0.05) is 23.7 Å². The Morgan fingerprint density at radius 1 is 1.50 bits per heavy atom. The summed E-state index contributed by atoms with van der Waals surface area (Å²) in [7, 11) is 1.62. The number of carbonyl (C=O) groups excluding carboxylic acids is 1. The summed E-state index contributed by atoms with van der Waals surface area (Å²) < 4.78 is 5.11. The number of nitrogens with zero attached hydrogens (tertiary/aromatic N) is 1. The molecule has 106 valence electrons. The minimum atomic E-state index is -0.239. The maximum Gasteiger partial charge on any atom is 0.275 e. The SMILES string of the molecule is COCc1ccccc1NC(=O)c1csc(C(C)N)n1. The van der Waals surface area contributed by atoms with Crippen LogP contribution in [0.4, 0.5) is 5.69 Å². The number of ether oxygens (including phenoxy) is 1. The molecule has 0 saturated carbocycles. The topological polar surface area (TPSA) is 77.2 Å². The Labute approximate surface area is 121 Å². The summed E-state index contributed by atoms with van der Waals surface area (Å²) in [6, 6.07) is 7.35. The van der Waals surface area contributed by atoms with Gasteiger partial charge < -0.3 is 15.8 Å². The molecular weight excluding hydrogens is 274 g/mol. The molecule has 0 radical (unpaired) electrons. The smallest absolute Gasteiger partial charge is 0.275 e. The van der Waals surface area contributed by atoms with E-state index in [1.165, 1.54) is 11.3 Å². The first-order chi connectivity index (χ1) is 9.61. The molecule has 3 N–H and O–H groups in total. The second kappa shape index (κ2) is 6.60. The third-order valence-electron chi connectivity index (χ3n) is 2.71. The third kappa shape index (κ3) is 3.41. The maximum absolute atomic E-state index is 12.2. The molecule has 1 aromatic carbocycles. The van der Waals surface area contributed by atoms with Gasteiger partial charge in [-0.2, -0.15) is 0 Å². The van der Waals surface area contributed by atoms with E-state index in [1.54, 1.807) is 12.5 Å². The van der Waals surface area contributed by atoms with Crippen molar-refractivity contribution in [1.82, 2.24) is 4.98 Å². The Balaban J connectivity index is 2.14. The number of benzene rings is 1. The van der Waals surface area contributed by atoms with Crippen LogP contribution in [0.3, 0.4) is 0 Å². The summed E-state index contributed by atoms with van der Waals surface area (Å²) in [5.74, 6) is -0.239. The Bertz CT molecular complexity index is 596. The second-order valence-corrected chi connectivity index (χ2v) is 5.29. The number of nitrogens with two attached hydrogens (primary N) is 1. The molecule has 1 unspecified atom stereocenters. The van der Waals surface area contributed by atoms with Crippen molar-refractivity contribution in [3.63, 3.8) is 0 Å². The number of nitrogens with one attached hydrogen (secondary N) is 1. The molecule has 0 aliphatic rings. The van der Waals surface area contributed by atoms with Crippen molar-refractivity contribution in [2.75, 3.05) is 12.4 Å². The van der Waals surface area contributed by atoms with Crippen molar-refractivity contribution in [2.24, 2.45) is 5.73 Å². The average Bonchev–Trinajstić information content (AvgIpc) is 2.91. The van der Waals surface area contributed by atoms with Gasteiger partial charge in [0.15, 0.2) is 0 Å². The minimum Gasteiger partial charge on any atom is -0.380 e. The number of anilines is 1. The highest BCUT2D eigenvalue weighted by Gasteiger charge is 2.14. The first-order valence-electron chi connectivity index (χ1n) is 6.21. The zero-order valence-corrected chi connectivity index (χ0v) is 12.2. The van der Waals surface area contributed by atoms with Crippen LogP contribution < -0.4 is 11.1 Å². The number of carbonyl (C=O) groups is 1. The van der Waals surface area contributed by atoms with E-state index >= 15 is 0 Å². The Morgan fingerprint density at radius 3 is 2.90 bits per heavy atom. The molecule has 1 heterocycles. The number of para-hydroxylation sites is 1. The number of hydrogen-bond acceptors (Lipinski definition) is 5. The van der Waals surface area contributed by atoms with E-state index in [2.05, 4.69) is 10.3 Å². The Kier molecular flexibility index (Phi) is 4.84. The van der Waals surface area contributed by atoms with Gasteiger partial charge in [0.2, 0.25) is 0 Å². The minimum absolute atomic E-state index is 0.165. The summed E-state index contributed by atoms with van der Waals surface area (Å²) >= 11 is 1.39. The van der Waals surface area contributed by atoms with Crippen LogP contribution in [0, 0.1) is 0 Å². The summed E-state index contributed by atoms with van der Waals surface area (Å²) in [6.07, 6.45) is 0. The Hall–Kier alpha value is -1.76. The fourth-order valence-corrected chi connectivity index (χ4v) is 2.47. The van der Waals surface area contributed by atoms with E-state index in [1.807, 2.05) is 31.2 Å². The number of thiazole rings is 1. The Morgan fingerprint density at radius 2 is 2.25 bits per heavy atom. The number of rotatable bonds is 5. The van der Waals surface area contributed by atoms with Gasteiger partial charge in [-0.1, -0.05) is 18.2 Å². The molecule has 0 bridgehead atoms. The molecule has 2 rings (SSSR count). The molecule has 6 heteroatoms. The van der Waals surface area contributed by atoms with Crippen molar-refractivity contribution < 1.29 is 9.53 Å². The van der Waals surface area contributed by atoms with Crippen LogP contribution >= 0.6 is 11.3 Å². The predicted molar refractivity (Wildman–Crippen MR) is 79.8 cm³/mol. The van der Waals surface area contributed by atoms with E-state index in [-0.39, 0.29) is 11.9 Å². The maximum atomic E-state index is 12.2. The van der Waals surface area contributed by atoms with Crippen LogP contribution in [0.1, 0.15) is 34.0 Å². The molecule has 5 nitrogen and oxygen atoms in total. The molecule has 0 aliphatic carbocycles. The molecular formula is C14H17N3O2S. The highest BCUT2D eigenvalue weighted by molar-refractivity contribution is 7.09. The molecule has 0 fully saturated rings. The van der Waals surface area contributed by atoms with Crippen molar-refractivity contribution >= 4 is 22.9 Å². The van der Waals surface area contributed by atoms with Crippen molar-refractivity contribution in [3.05, 3.63) is 45.9 Å². The van der Waals surface area contributed by atoms with Crippen molar-refractivity contribution in [3.8, 4) is 0 Å². The first kappa shape index (κ1) is 14.6. The van der Waals surface area contributed by atoms with Gasteiger partial charge in [-0.3, -0.25) is 4.79 Å². The molecule has 1 aromatic heterocycles. The lowest BCUT2D eigenvalue weighted by molar-refractivity contribution is 0.102. The highest BCUT2D eigenvalue weighted by Crippen LogP contribution is 2.19. The number of hydrogen-bond donors (Lipinski definition) is 2. The summed E-state index contributed by atoms with van der Waals surface area (Å²) in [5.41, 5.74) is 7.78. The molecule has 0 aliphatic heterocycles.